The maximum atomic E-state index is 7.03. The summed E-state index contributed by atoms with van der Waals surface area (Å²) in [4.78, 5) is 8.63. The molecular weight excluding hydrogens is 962 g/mol. The Kier molecular flexibility index (Phi) is 9.23. The number of fused-ring (bicyclic) bond motifs is 15. The van der Waals surface area contributed by atoms with Crippen molar-refractivity contribution in [2.75, 3.05) is 9.80 Å². The van der Waals surface area contributed by atoms with Gasteiger partial charge in [-0.25, -0.2) is 0 Å². The number of nitrogens with zero attached hydrogens (tertiary/aromatic N) is 3. The van der Waals surface area contributed by atoms with Gasteiger partial charge in [0.1, 0.15) is 11.5 Å². The molecule has 0 saturated carbocycles. The molecule has 2 aromatic heterocycles. The van der Waals surface area contributed by atoms with Crippen molar-refractivity contribution in [2.24, 2.45) is 0 Å². The van der Waals surface area contributed by atoms with E-state index in [1.165, 1.54) is 97.9 Å². The van der Waals surface area contributed by atoms with Gasteiger partial charge in [-0.3, -0.25) is 0 Å². The molecule has 0 N–H and O–H groups in total. The lowest BCUT2D eigenvalue weighted by atomic mass is 9.44. The summed E-state index contributed by atoms with van der Waals surface area (Å²) in [5, 5.41) is 3.86. The van der Waals surface area contributed by atoms with Gasteiger partial charge in [0.25, 0.3) is 0 Å². The van der Waals surface area contributed by atoms with Crippen molar-refractivity contribution in [1.29, 1.82) is 0 Å². The quantitative estimate of drug-likeness (QED) is 0.160. The molecule has 0 spiro atoms. The van der Waals surface area contributed by atoms with Crippen LogP contribution in [0.5, 0.6) is 11.5 Å². The van der Waals surface area contributed by atoms with Crippen molar-refractivity contribution in [3.05, 3.63) is 229 Å². The van der Waals surface area contributed by atoms with E-state index in [-0.39, 0.29) is 17.7 Å². The van der Waals surface area contributed by atoms with Gasteiger partial charge in [0.05, 0.1) is 26.0 Å². The third-order valence-corrected chi connectivity index (χ3v) is 19.0. The predicted octanol–water partition coefficient (Wildman–Crippen LogP) is 18.4. The topological polar surface area (TPSA) is 20.6 Å². The highest BCUT2D eigenvalue weighted by molar-refractivity contribution is 7.99. The standard InChI is InChI=1S/C69H50BN3OS2/c1-68(2,3)42-33-35-52(48(37-42)41-21-9-6-10-22-41)72-54-40-57-60(75-59-32-20-18-30-56(59)74-57)39-51(54)70-65-55(72)38-49-45-27-15-17-29-50(45)69(4,5)64(49)62(65)47-34-36-53(71(43-23-11-7-12-24-43)44-25-13-8-14-26-44)63-61-46-28-16-19-31-58(46)76-67(61)73(70)66(47)63/h6-40H,1-5H3. The molecular formula is C69H50BN3OS2. The lowest BCUT2D eigenvalue weighted by Gasteiger charge is -2.43. The summed E-state index contributed by atoms with van der Waals surface area (Å²) in [7, 11) is 0. The molecule has 12 aromatic rings. The van der Waals surface area contributed by atoms with E-state index >= 15 is 0 Å². The van der Waals surface area contributed by atoms with E-state index in [0.29, 0.717) is 0 Å². The summed E-state index contributed by atoms with van der Waals surface area (Å²) in [5.74, 6) is 1.77. The van der Waals surface area contributed by atoms with Gasteiger partial charge in [0.2, 0.25) is 0 Å². The maximum Gasteiger partial charge on any atom is 0.333 e. The fourth-order valence-corrected chi connectivity index (χ4v) is 15.6. The number of thiophene rings is 1. The number of rotatable bonds is 5. The molecule has 16 rings (SSSR count). The van der Waals surface area contributed by atoms with E-state index in [1.54, 1.807) is 0 Å². The number of aromatic nitrogens is 1. The lowest BCUT2D eigenvalue weighted by molar-refractivity contribution is 0.455. The molecule has 362 valence electrons. The first-order valence-electron chi connectivity index (χ1n) is 26.4. The van der Waals surface area contributed by atoms with E-state index < -0.39 is 0 Å². The average molecular weight is 1010 g/mol. The first-order valence-corrected chi connectivity index (χ1v) is 28.1. The van der Waals surface area contributed by atoms with Gasteiger partial charge in [-0.05, 0) is 128 Å². The van der Waals surface area contributed by atoms with Crippen LogP contribution in [0.25, 0.3) is 64.6 Å². The molecule has 3 aliphatic heterocycles. The van der Waals surface area contributed by atoms with Crippen LogP contribution in [0, 0.1) is 0 Å². The first kappa shape index (κ1) is 44.1. The molecule has 7 heteroatoms. The van der Waals surface area contributed by atoms with Crippen molar-refractivity contribution < 1.29 is 4.74 Å². The van der Waals surface area contributed by atoms with Crippen molar-refractivity contribution in [1.82, 2.24) is 4.48 Å². The second-order valence-electron chi connectivity index (χ2n) is 22.4. The minimum absolute atomic E-state index is 0.0684. The minimum Gasteiger partial charge on any atom is -0.455 e. The molecule has 10 aromatic carbocycles. The van der Waals surface area contributed by atoms with Crippen LogP contribution in [0.2, 0.25) is 0 Å². The van der Waals surface area contributed by atoms with Crippen LogP contribution in [0.1, 0.15) is 51.3 Å². The summed E-state index contributed by atoms with van der Waals surface area (Å²) in [6.45, 7) is 11.7. The molecule has 76 heavy (non-hydrogen) atoms. The third-order valence-electron chi connectivity index (χ3n) is 16.7. The lowest BCUT2D eigenvalue weighted by Crippen LogP contribution is -2.57. The Labute approximate surface area is 451 Å². The predicted molar refractivity (Wildman–Crippen MR) is 322 cm³/mol. The molecule has 0 saturated heterocycles. The second kappa shape index (κ2) is 15.9. The van der Waals surface area contributed by atoms with Crippen LogP contribution in [-0.2, 0) is 10.8 Å². The Morgan fingerprint density at radius 1 is 0.553 bits per heavy atom. The molecule has 0 fully saturated rings. The smallest absolute Gasteiger partial charge is 0.333 e. The van der Waals surface area contributed by atoms with Crippen LogP contribution in [0.3, 0.4) is 0 Å². The SMILES string of the molecule is CC(C)(C)c1ccc(N2c3cc4c(cc3B3c5c2cc2c(c5-c5ccc(N(c6ccccc6)c6ccccc6)c6c7c8ccccc8sc7n3c56)C(C)(C)c3ccccc3-2)Sc2ccccc2O4)c(-c2ccccc2)c1. The molecule has 5 heterocycles. The Morgan fingerprint density at radius 3 is 2.03 bits per heavy atom. The number of hydrogen-bond donors (Lipinski definition) is 0. The zero-order chi connectivity index (χ0) is 50.8. The van der Waals surface area contributed by atoms with Crippen LogP contribution in [0.15, 0.2) is 222 Å². The number of para-hydroxylation sites is 3. The largest absolute Gasteiger partial charge is 0.455 e. The monoisotopic (exact) mass is 1010 g/mol. The van der Waals surface area contributed by atoms with Gasteiger partial charge in [-0.2, -0.15) is 0 Å². The van der Waals surface area contributed by atoms with Crippen molar-refractivity contribution >= 4 is 106 Å². The summed E-state index contributed by atoms with van der Waals surface area (Å²) in [5.41, 5.74) is 22.0. The van der Waals surface area contributed by atoms with Crippen LogP contribution in [-0.4, -0.2) is 11.3 Å². The van der Waals surface area contributed by atoms with Gasteiger partial charge in [-0.1, -0.05) is 180 Å². The summed E-state index contributed by atoms with van der Waals surface area (Å²) in [6.07, 6.45) is 0. The van der Waals surface area contributed by atoms with Crippen LogP contribution in [0.4, 0.5) is 34.1 Å². The van der Waals surface area contributed by atoms with Gasteiger partial charge in [0.15, 0.2) is 0 Å². The van der Waals surface area contributed by atoms with Crippen LogP contribution >= 0.6 is 23.1 Å². The third kappa shape index (κ3) is 6.10. The zero-order valence-corrected chi connectivity index (χ0v) is 44.5. The van der Waals surface area contributed by atoms with Gasteiger partial charge < -0.3 is 19.0 Å². The Hall–Kier alpha value is -8.23. The number of benzene rings is 10. The molecule has 0 amide bonds. The normalized spacial score (nSPS) is 14.2. The second-order valence-corrected chi connectivity index (χ2v) is 24.5. The molecule has 0 atom stereocenters. The van der Waals surface area contributed by atoms with Crippen molar-refractivity contribution in [3.63, 3.8) is 0 Å². The van der Waals surface area contributed by atoms with E-state index in [1.807, 2.05) is 23.1 Å². The number of anilines is 6. The Morgan fingerprint density at radius 2 is 1.25 bits per heavy atom. The summed E-state index contributed by atoms with van der Waals surface area (Å²) >= 11 is 3.74. The van der Waals surface area contributed by atoms with Crippen LogP contribution < -0.4 is 25.5 Å². The Bertz CT molecular complexity index is 4400. The van der Waals surface area contributed by atoms with Gasteiger partial charge in [-0.15, -0.1) is 11.3 Å². The van der Waals surface area contributed by atoms with Gasteiger partial charge >= 0.3 is 6.85 Å². The molecule has 0 bridgehead atoms. The van der Waals surface area contributed by atoms with Gasteiger partial charge in [0, 0.05) is 71.7 Å². The molecule has 1 aliphatic carbocycles. The highest BCUT2D eigenvalue weighted by atomic mass is 32.2. The molecule has 4 aliphatic rings. The average Bonchev–Trinajstić information content (AvgIpc) is 4.12. The number of hydrogen-bond acceptors (Lipinski definition) is 5. The van der Waals surface area contributed by atoms with E-state index in [0.717, 1.165) is 49.7 Å². The summed E-state index contributed by atoms with van der Waals surface area (Å²) in [6, 6.07) is 79.2. The van der Waals surface area contributed by atoms with E-state index in [2.05, 4.69) is 261 Å². The van der Waals surface area contributed by atoms with Crippen molar-refractivity contribution in [3.8, 4) is 44.9 Å². The first-order chi connectivity index (χ1) is 37.1. The molecule has 0 unspecified atom stereocenters. The zero-order valence-electron chi connectivity index (χ0n) is 42.9. The van der Waals surface area contributed by atoms with E-state index in [9.17, 15) is 0 Å². The molecule has 0 radical (unpaired) electrons. The molecule has 4 nitrogen and oxygen atoms in total. The number of ether oxygens (including phenoxy) is 1. The maximum absolute atomic E-state index is 7.03. The highest BCUT2D eigenvalue weighted by Crippen LogP contribution is 2.60. The van der Waals surface area contributed by atoms with Crippen molar-refractivity contribution in [2.45, 2.75) is 55.2 Å². The highest BCUT2D eigenvalue weighted by Gasteiger charge is 2.50. The Balaban J connectivity index is 1.10. The fraction of sp³-hybridized carbons (Fsp3) is 0.101. The summed E-state index contributed by atoms with van der Waals surface area (Å²) < 4.78 is 11.1. The minimum atomic E-state index is -0.303. The van der Waals surface area contributed by atoms with E-state index in [4.69, 9.17) is 4.74 Å². The fourth-order valence-electron chi connectivity index (χ4n) is 13.4.